The zero-order valence-electron chi connectivity index (χ0n) is 18.8. The van der Waals surface area contributed by atoms with Crippen LogP contribution in [0.5, 0.6) is 0 Å². The number of methoxy groups -OCH3 is 1. The molecule has 0 radical (unpaired) electrons. The van der Waals surface area contributed by atoms with Gasteiger partial charge in [0, 0.05) is 0 Å². The fourth-order valence-electron chi connectivity index (χ4n) is 4.62. The van der Waals surface area contributed by atoms with Crippen LogP contribution in [0.2, 0.25) is 0 Å². The monoisotopic (exact) mass is 486 g/mol. The number of esters is 1. The number of carbonyl (C=O) groups excluding carboxylic acids is 1. The fraction of sp³-hybridized carbons (Fsp3) is 0.0741. The number of nitrogens with zero attached hydrogens (tertiary/aromatic N) is 2. The van der Waals surface area contributed by atoms with E-state index in [1.807, 2.05) is 54.6 Å². The van der Waals surface area contributed by atoms with Crippen LogP contribution in [0.4, 0.5) is 0 Å². The molecule has 0 unspecified atom stereocenters. The molecular weight excluding hydrogens is 463 g/mol. The SMILES string of the molecule is COC(=O)c1cn2c(=O)cc(P(C)(c3ccccc3)(c3ccccc3)c3ccccc3)nc2s1. The molecule has 5 aromatic rings. The van der Waals surface area contributed by atoms with Crippen molar-refractivity contribution in [3.63, 3.8) is 0 Å². The Morgan fingerprint density at radius 3 is 1.76 bits per heavy atom. The molecule has 0 spiro atoms. The van der Waals surface area contributed by atoms with Crippen LogP contribution in [-0.2, 0) is 4.74 Å². The molecule has 0 aliphatic rings. The molecule has 0 saturated carbocycles. The number of hydrogen-bond acceptors (Lipinski definition) is 5. The summed E-state index contributed by atoms with van der Waals surface area (Å²) in [5, 5.41) is 3.31. The van der Waals surface area contributed by atoms with Gasteiger partial charge in [0.15, 0.2) is 0 Å². The summed E-state index contributed by atoms with van der Waals surface area (Å²) in [6.07, 6.45) is 1.50. The van der Waals surface area contributed by atoms with E-state index in [0.29, 0.717) is 15.3 Å². The molecule has 170 valence electrons. The second kappa shape index (κ2) is 8.32. The third kappa shape index (κ3) is 3.14. The topological polar surface area (TPSA) is 60.7 Å². The van der Waals surface area contributed by atoms with Crippen LogP contribution in [0.1, 0.15) is 9.67 Å². The zero-order chi connectivity index (χ0) is 23.8. The Morgan fingerprint density at radius 1 is 0.853 bits per heavy atom. The Hall–Kier alpha value is -3.60. The molecule has 0 fully saturated rings. The van der Waals surface area contributed by atoms with Crippen molar-refractivity contribution in [2.24, 2.45) is 0 Å². The van der Waals surface area contributed by atoms with Crippen molar-refractivity contribution in [1.29, 1.82) is 0 Å². The summed E-state index contributed by atoms with van der Waals surface area (Å²) in [7, 11) is 1.33. The first-order chi connectivity index (χ1) is 16.5. The first-order valence-corrected chi connectivity index (χ1v) is 14.3. The van der Waals surface area contributed by atoms with Crippen LogP contribution in [0.25, 0.3) is 4.96 Å². The van der Waals surface area contributed by atoms with Crippen molar-refractivity contribution in [1.82, 2.24) is 9.38 Å². The van der Waals surface area contributed by atoms with Crippen molar-refractivity contribution >= 4 is 50.2 Å². The Labute approximate surface area is 201 Å². The normalized spacial score (nSPS) is 12.7. The Morgan fingerprint density at radius 2 is 1.32 bits per heavy atom. The Balaban J connectivity index is 1.97. The minimum absolute atomic E-state index is 0.231. The second-order valence-electron chi connectivity index (χ2n) is 8.26. The maximum atomic E-state index is 13.4. The van der Waals surface area contributed by atoms with E-state index in [2.05, 4.69) is 43.1 Å². The van der Waals surface area contributed by atoms with Crippen molar-refractivity contribution in [3.8, 4) is 0 Å². The first kappa shape index (κ1) is 22.2. The summed E-state index contributed by atoms with van der Waals surface area (Å²) in [4.78, 5) is 31.4. The van der Waals surface area contributed by atoms with E-state index in [1.54, 1.807) is 6.07 Å². The number of benzene rings is 3. The summed E-state index contributed by atoms with van der Waals surface area (Å²) < 4.78 is 6.29. The molecule has 2 aromatic heterocycles. The zero-order valence-corrected chi connectivity index (χ0v) is 20.5. The van der Waals surface area contributed by atoms with Gasteiger partial charge in [0.25, 0.3) is 0 Å². The molecule has 3 aromatic carbocycles. The molecule has 0 amide bonds. The van der Waals surface area contributed by atoms with E-state index in [4.69, 9.17) is 9.72 Å². The van der Waals surface area contributed by atoms with Gasteiger partial charge in [-0.25, -0.2) is 0 Å². The third-order valence-corrected chi connectivity index (χ3v) is 13.6. The average Bonchev–Trinajstić information content (AvgIpc) is 3.34. The van der Waals surface area contributed by atoms with Gasteiger partial charge >= 0.3 is 201 Å². The van der Waals surface area contributed by atoms with Crippen molar-refractivity contribution < 1.29 is 9.53 Å². The minimum atomic E-state index is -3.44. The van der Waals surface area contributed by atoms with Gasteiger partial charge in [-0.15, -0.1) is 0 Å². The molecule has 0 saturated heterocycles. The summed E-state index contributed by atoms with van der Waals surface area (Å²) in [6.45, 7) is -1.19. The van der Waals surface area contributed by atoms with E-state index < -0.39 is 12.6 Å². The number of carbonyl (C=O) groups is 1. The maximum absolute atomic E-state index is 13.4. The standard InChI is InChI=1S/C27H23N2O3PS/c1-32-26(31)23-19-29-25(30)18-24(28-27(29)34-23)33(2,20-12-6-3-7-13-20,21-14-8-4-9-15-21)22-16-10-5-11-17-22/h3-19H,1-2H3. The number of rotatable bonds is 5. The summed E-state index contributed by atoms with van der Waals surface area (Å²) in [5.41, 5.74) is 0.475. The summed E-state index contributed by atoms with van der Waals surface area (Å²) >= 11 is 1.16. The van der Waals surface area contributed by atoms with Crippen LogP contribution in [0.3, 0.4) is 0 Å². The number of hydrogen-bond donors (Lipinski definition) is 0. The van der Waals surface area contributed by atoms with E-state index in [-0.39, 0.29) is 5.56 Å². The summed E-state index contributed by atoms with van der Waals surface area (Å²) in [5.74, 6) is -0.486. The predicted molar refractivity (Wildman–Crippen MR) is 141 cm³/mol. The van der Waals surface area contributed by atoms with Crippen LogP contribution >= 0.6 is 17.9 Å². The van der Waals surface area contributed by atoms with Crippen LogP contribution < -0.4 is 26.9 Å². The molecule has 7 heteroatoms. The molecule has 34 heavy (non-hydrogen) atoms. The molecule has 5 rings (SSSR count). The Kier molecular flexibility index (Phi) is 5.43. The molecule has 2 heterocycles. The molecule has 0 atom stereocenters. The van der Waals surface area contributed by atoms with Crippen LogP contribution in [0.15, 0.2) is 108 Å². The van der Waals surface area contributed by atoms with Crippen molar-refractivity contribution in [2.75, 3.05) is 13.8 Å². The molecular formula is C27H23N2O3PS. The van der Waals surface area contributed by atoms with Crippen LogP contribution in [-0.4, -0.2) is 29.1 Å². The van der Waals surface area contributed by atoms with E-state index in [9.17, 15) is 9.59 Å². The van der Waals surface area contributed by atoms with Gasteiger partial charge in [-0.3, -0.25) is 0 Å². The summed E-state index contributed by atoms with van der Waals surface area (Å²) in [6, 6.07) is 32.5. The predicted octanol–water partition coefficient (Wildman–Crippen LogP) is 3.33. The van der Waals surface area contributed by atoms with Gasteiger partial charge < -0.3 is 0 Å². The molecule has 0 N–H and O–H groups in total. The average molecular weight is 487 g/mol. The van der Waals surface area contributed by atoms with Crippen molar-refractivity contribution in [3.05, 3.63) is 118 Å². The van der Waals surface area contributed by atoms with Gasteiger partial charge in [-0.1, -0.05) is 0 Å². The van der Waals surface area contributed by atoms with Gasteiger partial charge in [0.2, 0.25) is 0 Å². The second-order valence-corrected chi connectivity index (χ2v) is 14.4. The van der Waals surface area contributed by atoms with Gasteiger partial charge in [-0.05, 0) is 0 Å². The van der Waals surface area contributed by atoms with Gasteiger partial charge in [-0.2, -0.15) is 0 Å². The van der Waals surface area contributed by atoms with Crippen LogP contribution in [0, 0.1) is 0 Å². The number of aromatic nitrogens is 2. The van der Waals surface area contributed by atoms with Gasteiger partial charge in [0.1, 0.15) is 0 Å². The van der Waals surface area contributed by atoms with E-state index in [1.165, 1.54) is 17.7 Å². The number of thiazole rings is 1. The molecule has 0 bridgehead atoms. The molecule has 5 nitrogen and oxygen atoms in total. The quantitative estimate of drug-likeness (QED) is 0.283. The van der Waals surface area contributed by atoms with E-state index in [0.717, 1.165) is 27.3 Å². The molecule has 0 aliphatic heterocycles. The van der Waals surface area contributed by atoms with Gasteiger partial charge in [0.05, 0.1) is 0 Å². The number of ether oxygens (including phenoxy) is 1. The Bertz CT molecular complexity index is 1450. The van der Waals surface area contributed by atoms with E-state index >= 15 is 0 Å². The first-order valence-electron chi connectivity index (χ1n) is 10.8. The molecule has 0 aliphatic carbocycles. The van der Waals surface area contributed by atoms with Crippen molar-refractivity contribution in [2.45, 2.75) is 0 Å². The fourth-order valence-corrected chi connectivity index (χ4v) is 10.8. The number of fused-ring (bicyclic) bond motifs is 1. The third-order valence-electron chi connectivity index (χ3n) is 6.52.